The number of aliphatic hydroxyl groups excluding tert-OH is 1. The standard InChI is InChI=1S/C17H22O6/c1-9(2)5-7-11-14(19)13(16(21)22)15(20)17(11,23)12(18)8-6-10(3)4/h5-6,11,20,23H,7-8H2,1-4H3,(H,21,22)/t11-,17-/m1/s1. The van der Waals surface area contributed by atoms with Crippen molar-refractivity contribution in [3.05, 3.63) is 34.6 Å². The zero-order chi connectivity index (χ0) is 17.9. The van der Waals surface area contributed by atoms with Crippen LogP contribution in [0.2, 0.25) is 0 Å². The highest BCUT2D eigenvalue weighted by Crippen LogP contribution is 2.40. The molecule has 2 atom stereocenters. The van der Waals surface area contributed by atoms with Crippen molar-refractivity contribution in [3.8, 4) is 0 Å². The number of carbonyl (C=O) groups excluding carboxylic acids is 2. The third kappa shape index (κ3) is 3.59. The number of hydrogen-bond acceptors (Lipinski definition) is 5. The molecule has 0 aliphatic heterocycles. The van der Waals surface area contributed by atoms with Crippen molar-refractivity contribution in [1.82, 2.24) is 0 Å². The fourth-order valence-electron chi connectivity index (χ4n) is 2.45. The van der Waals surface area contributed by atoms with E-state index in [4.69, 9.17) is 5.11 Å². The monoisotopic (exact) mass is 322 g/mol. The smallest absolute Gasteiger partial charge is 0.342 e. The van der Waals surface area contributed by atoms with Crippen LogP contribution >= 0.6 is 0 Å². The predicted octanol–water partition coefficient (Wildman–Crippen LogP) is 2.09. The van der Waals surface area contributed by atoms with Gasteiger partial charge in [-0.2, -0.15) is 0 Å². The Labute approximate surface area is 134 Å². The van der Waals surface area contributed by atoms with Crippen LogP contribution in [-0.4, -0.2) is 38.5 Å². The van der Waals surface area contributed by atoms with Crippen molar-refractivity contribution in [2.75, 3.05) is 0 Å². The highest BCUT2D eigenvalue weighted by molar-refractivity contribution is 6.23. The van der Waals surface area contributed by atoms with Gasteiger partial charge in [-0.3, -0.25) is 9.59 Å². The quantitative estimate of drug-likeness (QED) is 0.510. The van der Waals surface area contributed by atoms with E-state index in [2.05, 4.69) is 0 Å². The third-order valence-corrected chi connectivity index (χ3v) is 3.76. The minimum absolute atomic E-state index is 0.0287. The number of carbonyl (C=O) groups is 3. The number of carboxylic acids is 1. The molecule has 0 unspecified atom stereocenters. The van der Waals surface area contributed by atoms with Crippen LogP contribution in [0.25, 0.3) is 0 Å². The number of aliphatic hydroxyl groups is 2. The van der Waals surface area contributed by atoms with E-state index in [0.29, 0.717) is 0 Å². The van der Waals surface area contributed by atoms with Crippen molar-refractivity contribution >= 4 is 17.5 Å². The largest absolute Gasteiger partial charge is 0.508 e. The molecule has 0 heterocycles. The van der Waals surface area contributed by atoms with Crippen molar-refractivity contribution in [1.29, 1.82) is 0 Å². The lowest BCUT2D eigenvalue weighted by Gasteiger charge is -2.27. The second kappa shape index (κ2) is 6.91. The van der Waals surface area contributed by atoms with E-state index < -0.39 is 40.4 Å². The third-order valence-electron chi connectivity index (χ3n) is 3.76. The maximum atomic E-state index is 12.4. The molecule has 0 amide bonds. The summed E-state index contributed by atoms with van der Waals surface area (Å²) in [5, 5.41) is 29.9. The minimum atomic E-state index is -2.50. The minimum Gasteiger partial charge on any atom is -0.508 e. The average molecular weight is 322 g/mol. The van der Waals surface area contributed by atoms with Crippen LogP contribution < -0.4 is 0 Å². The molecule has 0 aromatic carbocycles. The molecule has 0 fully saturated rings. The molecule has 6 heteroatoms. The Balaban J connectivity index is 3.36. The van der Waals surface area contributed by atoms with Gasteiger partial charge in [0.2, 0.25) is 0 Å². The molecule has 0 aromatic heterocycles. The van der Waals surface area contributed by atoms with Crippen LogP contribution in [0.15, 0.2) is 34.6 Å². The summed E-state index contributed by atoms with van der Waals surface area (Å²) in [4.78, 5) is 35.9. The summed E-state index contributed by atoms with van der Waals surface area (Å²) in [5.74, 6) is -5.77. The topological polar surface area (TPSA) is 112 Å². The molecule has 23 heavy (non-hydrogen) atoms. The first-order valence-corrected chi connectivity index (χ1v) is 7.27. The maximum Gasteiger partial charge on any atom is 0.342 e. The van der Waals surface area contributed by atoms with E-state index in [9.17, 15) is 24.6 Å². The van der Waals surface area contributed by atoms with Gasteiger partial charge in [-0.15, -0.1) is 0 Å². The van der Waals surface area contributed by atoms with E-state index in [1.54, 1.807) is 39.8 Å². The molecule has 0 bridgehead atoms. The Morgan fingerprint density at radius 1 is 1.13 bits per heavy atom. The predicted molar refractivity (Wildman–Crippen MR) is 83.8 cm³/mol. The van der Waals surface area contributed by atoms with Crippen molar-refractivity contribution in [2.45, 2.75) is 46.1 Å². The summed E-state index contributed by atoms with van der Waals surface area (Å²) in [7, 11) is 0. The number of hydrogen-bond donors (Lipinski definition) is 3. The zero-order valence-electron chi connectivity index (χ0n) is 13.7. The summed E-state index contributed by atoms with van der Waals surface area (Å²) < 4.78 is 0. The number of ketones is 2. The van der Waals surface area contributed by atoms with Crippen LogP contribution in [0, 0.1) is 5.92 Å². The van der Waals surface area contributed by atoms with Crippen LogP contribution in [0.3, 0.4) is 0 Å². The van der Waals surface area contributed by atoms with Gasteiger partial charge >= 0.3 is 5.97 Å². The van der Waals surface area contributed by atoms with E-state index >= 15 is 0 Å². The van der Waals surface area contributed by atoms with Crippen molar-refractivity contribution in [2.24, 2.45) is 5.92 Å². The Hall–Kier alpha value is -2.21. The van der Waals surface area contributed by atoms with Gasteiger partial charge in [0, 0.05) is 6.42 Å². The Morgan fingerprint density at radius 2 is 1.65 bits per heavy atom. The van der Waals surface area contributed by atoms with Gasteiger partial charge in [0.25, 0.3) is 0 Å². The molecular formula is C17H22O6. The van der Waals surface area contributed by atoms with Crippen LogP contribution in [0.4, 0.5) is 0 Å². The summed E-state index contributed by atoms with van der Waals surface area (Å²) in [5.41, 5.74) is -1.73. The number of rotatable bonds is 6. The normalized spacial score (nSPS) is 23.7. The second-order valence-electron chi connectivity index (χ2n) is 6.14. The van der Waals surface area contributed by atoms with Gasteiger partial charge in [-0.1, -0.05) is 23.3 Å². The number of Topliss-reactive ketones (excluding diaryl/α,β-unsaturated/α-hetero) is 2. The summed E-state index contributed by atoms with van der Waals surface area (Å²) in [6.07, 6.45) is 2.95. The summed E-state index contributed by atoms with van der Waals surface area (Å²) in [6.45, 7) is 7.07. The molecule has 0 aromatic rings. The van der Waals surface area contributed by atoms with Crippen molar-refractivity contribution in [3.63, 3.8) is 0 Å². The lowest BCUT2D eigenvalue weighted by molar-refractivity contribution is -0.144. The highest BCUT2D eigenvalue weighted by Gasteiger charge is 2.58. The Bertz CT molecular complexity index is 629. The molecule has 126 valence electrons. The van der Waals surface area contributed by atoms with E-state index in [0.717, 1.165) is 11.1 Å². The lowest BCUT2D eigenvalue weighted by atomic mass is 9.81. The molecule has 3 N–H and O–H groups in total. The van der Waals surface area contributed by atoms with E-state index in [-0.39, 0.29) is 12.8 Å². The SMILES string of the molecule is CC(C)=CCC(=O)[C@@]1(O)C(O)=C(C(=O)O)C(=O)[C@H]1CC=C(C)C. The van der Waals surface area contributed by atoms with Crippen molar-refractivity contribution < 1.29 is 29.7 Å². The zero-order valence-corrected chi connectivity index (χ0v) is 13.7. The first-order chi connectivity index (χ1) is 10.5. The molecule has 1 aliphatic rings. The first-order valence-electron chi connectivity index (χ1n) is 7.27. The number of carboxylic acid groups (broad SMARTS) is 1. The van der Waals surface area contributed by atoms with Gasteiger partial charge in [0.05, 0.1) is 5.92 Å². The second-order valence-corrected chi connectivity index (χ2v) is 6.14. The van der Waals surface area contributed by atoms with Crippen LogP contribution in [0.1, 0.15) is 40.5 Å². The van der Waals surface area contributed by atoms with Gasteiger partial charge in [-0.05, 0) is 34.1 Å². The summed E-state index contributed by atoms with van der Waals surface area (Å²) in [6, 6.07) is 0. The highest BCUT2D eigenvalue weighted by atomic mass is 16.4. The molecule has 0 saturated heterocycles. The average Bonchev–Trinajstić information content (AvgIpc) is 2.62. The van der Waals surface area contributed by atoms with Gasteiger partial charge in [0.15, 0.2) is 22.9 Å². The molecule has 0 saturated carbocycles. The summed E-state index contributed by atoms with van der Waals surface area (Å²) >= 11 is 0. The fraction of sp³-hybridized carbons (Fsp3) is 0.471. The molecule has 1 aliphatic carbocycles. The lowest BCUT2D eigenvalue weighted by Crippen LogP contribution is -2.46. The number of allylic oxidation sites excluding steroid dienone is 4. The molecular weight excluding hydrogens is 300 g/mol. The maximum absolute atomic E-state index is 12.4. The van der Waals surface area contributed by atoms with Gasteiger partial charge in [0.1, 0.15) is 5.57 Å². The van der Waals surface area contributed by atoms with E-state index in [1.165, 1.54) is 0 Å². The van der Waals surface area contributed by atoms with Crippen LogP contribution in [-0.2, 0) is 14.4 Å². The van der Waals surface area contributed by atoms with Gasteiger partial charge in [-0.25, -0.2) is 4.79 Å². The fourth-order valence-corrected chi connectivity index (χ4v) is 2.45. The number of aliphatic carboxylic acids is 1. The molecule has 0 spiro atoms. The molecule has 1 rings (SSSR count). The Morgan fingerprint density at radius 3 is 2.09 bits per heavy atom. The molecule has 0 radical (unpaired) electrons. The van der Waals surface area contributed by atoms with Gasteiger partial charge < -0.3 is 15.3 Å². The molecule has 6 nitrogen and oxygen atoms in total. The Kier molecular flexibility index (Phi) is 5.66. The first kappa shape index (κ1) is 18.8. The van der Waals surface area contributed by atoms with Crippen LogP contribution in [0.5, 0.6) is 0 Å². The van der Waals surface area contributed by atoms with E-state index in [1.807, 2.05) is 0 Å².